The van der Waals surface area contributed by atoms with Gasteiger partial charge in [0, 0.05) is 6.04 Å². The molecule has 1 atom stereocenters. The average Bonchev–Trinajstić information content (AvgIpc) is 2.31. The number of rotatable bonds is 8. The Bertz CT molecular complexity index is 150. The molecule has 0 bridgehead atoms. The van der Waals surface area contributed by atoms with Gasteiger partial charge in [0.2, 0.25) is 0 Å². The van der Waals surface area contributed by atoms with Crippen LogP contribution in [0.1, 0.15) is 78.1 Å². The molecule has 1 nitrogen and oxygen atoms in total. The smallest absolute Gasteiger partial charge is 0.00695 e. The zero-order chi connectivity index (χ0) is 11.6. The Labute approximate surface area is 102 Å². The number of unbranched alkanes of at least 4 members (excludes halogenated alkanes) is 2. The molecule has 0 heterocycles. The van der Waals surface area contributed by atoms with E-state index in [0.717, 1.165) is 18.5 Å². The lowest BCUT2D eigenvalue weighted by atomic mass is 9.84. The minimum atomic E-state index is 0.805. The molecule has 1 unspecified atom stereocenters. The molecule has 1 rings (SSSR count). The molecule has 0 aromatic heterocycles. The number of nitrogens with one attached hydrogen (secondary N) is 1. The van der Waals surface area contributed by atoms with Crippen LogP contribution < -0.4 is 5.32 Å². The van der Waals surface area contributed by atoms with Crippen LogP contribution in [0.25, 0.3) is 0 Å². The second kappa shape index (κ2) is 9.04. The van der Waals surface area contributed by atoms with Crippen LogP contribution in [-0.2, 0) is 0 Å². The second-order valence-electron chi connectivity index (χ2n) is 5.49. The third-order valence-electron chi connectivity index (χ3n) is 3.99. The van der Waals surface area contributed by atoms with Crippen molar-refractivity contribution in [3.05, 3.63) is 0 Å². The van der Waals surface area contributed by atoms with Crippen LogP contribution in [0, 0.1) is 5.92 Å². The van der Waals surface area contributed by atoms with Crippen molar-refractivity contribution >= 4 is 0 Å². The van der Waals surface area contributed by atoms with Crippen molar-refractivity contribution in [1.29, 1.82) is 0 Å². The minimum Gasteiger partial charge on any atom is -0.314 e. The molecule has 0 radical (unpaired) electrons. The molecule has 0 aromatic carbocycles. The van der Waals surface area contributed by atoms with E-state index in [1.165, 1.54) is 64.2 Å². The summed E-state index contributed by atoms with van der Waals surface area (Å²) in [6.45, 7) is 5.68. The lowest BCUT2D eigenvalue weighted by molar-refractivity contribution is 0.289. The maximum atomic E-state index is 3.69. The highest BCUT2D eigenvalue weighted by Crippen LogP contribution is 2.28. The van der Waals surface area contributed by atoms with E-state index < -0.39 is 0 Å². The SMILES string of the molecule is CCCCCC(CC1CCCCC1)NCC. The minimum absolute atomic E-state index is 0.805. The van der Waals surface area contributed by atoms with E-state index in [1.54, 1.807) is 0 Å². The first-order valence-electron chi connectivity index (χ1n) is 7.60. The summed E-state index contributed by atoms with van der Waals surface area (Å²) in [5.74, 6) is 1.03. The summed E-state index contributed by atoms with van der Waals surface area (Å²) in [5, 5.41) is 3.69. The van der Waals surface area contributed by atoms with Gasteiger partial charge in [-0.15, -0.1) is 0 Å². The zero-order valence-electron chi connectivity index (χ0n) is 11.4. The third-order valence-corrected chi connectivity index (χ3v) is 3.99. The molecular weight excluding hydrogens is 194 g/mol. The third kappa shape index (κ3) is 5.89. The van der Waals surface area contributed by atoms with Crippen LogP contribution in [-0.4, -0.2) is 12.6 Å². The summed E-state index contributed by atoms with van der Waals surface area (Å²) < 4.78 is 0. The van der Waals surface area contributed by atoms with Gasteiger partial charge in [0.25, 0.3) is 0 Å². The first-order valence-corrected chi connectivity index (χ1v) is 7.60. The largest absolute Gasteiger partial charge is 0.314 e. The van der Waals surface area contributed by atoms with Gasteiger partial charge in [0.05, 0.1) is 0 Å². The Morgan fingerprint density at radius 3 is 2.44 bits per heavy atom. The first-order chi connectivity index (χ1) is 7.86. The fourth-order valence-electron chi connectivity index (χ4n) is 3.06. The van der Waals surface area contributed by atoms with Crippen molar-refractivity contribution in [3.8, 4) is 0 Å². The maximum Gasteiger partial charge on any atom is 0.00695 e. The summed E-state index contributed by atoms with van der Waals surface area (Å²) in [6, 6.07) is 0.805. The van der Waals surface area contributed by atoms with E-state index in [1.807, 2.05) is 0 Å². The zero-order valence-corrected chi connectivity index (χ0v) is 11.4. The van der Waals surface area contributed by atoms with Gasteiger partial charge < -0.3 is 5.32 Å². The van der Waals surface area contributed by atoms with Gasteiger partial charge in [-0.3, -0.25) is 0 Å². The summed E-state index contributed by atoms with van der Waals surface area (Å²) in [6.07, 6.45) is 14.5. The molecule has 96 valence electrons. The Morgan fingerprint density at radius 1 is 1.06 bits per heavy atom. The molecule has 0 aromatic rings. The predicted molar refractivity (Wildman–Crippen MR) is 72.8 cm³/mol. The van der Waals surface area contributed by atoms with E-state index in [4.69, 9.17) is 0 Å². The lowest BCUT2D eigenvalue weighted by Gasteiger charge is -2.27. The van der Waals surface area contributed by atoms with Gasteiger partial charge >= 0.3 is 0 Å². The summed E-state index contributed by atoms with van der Waals surface area (Å²) >= 11 is 0. The van der Waals surface area contributed by atoms with E-state index in [2.05, 4.69) is 19.2 Å². The van der Waals surface area contributed by atoms with Crippen molar-refractivity contribution in [2.45, 2.75) is 84.1 Å². The first kappa shape index (κ1) is 14.0. The van der Waals surface area contributed by atoms with Crippen molar-refractivity contribution in [2.24, 2.45) is 5.92 Å². The van der Waals surface area contributed by atoms with Gasteiger partial charge in [0.15, 0.2) is 0 Å². The van der Waals surface area contributed by atoms with Crippen LogP contribution in [0.2, 0.25) is 0 Å². The van der Waals surface area contributed by atoms with Crippen molar-refractivity contribution in [3.63, 3.8) is 0 Å². The lowest BCUT2D eigenvalue weighted by Crippen LogP contribution is -2.31. The Morgan fingerprint density at radius 2 is 1.81 bits per heavy atom. The number of hydrogen-bond acceptors (Lipinski definition) is 1. The predicted octanol–water partition coefficient (Wildman–Crippen LogP) is 4.52. The average molecular weight is 225 g/mol. The van der Waals surface area contributed by atoms with Gasteiger partial charge in [-0.1, -0.05) is 65.2 Å². The quantitative estimate of drug-likeness (QED) is 0.599. The van der Waals surface area contributed by atoms with E-state index in [9.17, 15) is 0 Å². The van der Waals surface area contributed by atoms with Gasteiger partial charge in [-0.05, 0) is 25.3 Å². The molecule has 16 heavy (non-hydrogen) atoms. The van der Waals surface area contributed by atoms with Gasteiger partial charge in [-0.2, -0.15) is 0 Å². The highest BCUT2D eigenvalue weighted by atomic mass is 14.9. The van der Waals surface area contributed by atoms with Crippen LogP contribution in [0.3, 0.4) is 0 Å². The summed E-state index contributed by atoms with van der Waals surface area (Å²) in [5.41, 5.74) is 0. The number of hydrogen-bond donors (Lipinski definition) is 1. The molecule has 0 saturated heterocycles. The standard InChI is InChI=1S/C15H31N/c1-3-5-7-12-15(16-4-2)13-14-10-8-6-9-11-14/h14-16H,3-13H2,1-2H3. The van der Waals surface area contributed by atoms with Crippen LogP contribution in [0.5, 0.6) is 0 Å². The molecule has 1 aliphatic carbocycles. The Hall–Kier alpha value is -0.0400. The monoisotopic (exact) mass is 225 g/mol. The molecule has 1 fully saturated rings. The molecule has 1 N–H and O–H groups in total. The molecule has 1 heteroatoms. The second-order valence-corrected chi connectivity index (χ2v) is 5.49. The normalized spacial score (nSPS) is 19.9. The highest BCUT2D eigenvalue weighted by molar-refractivity contribution is 4.74. The maximum absolute atomic E-state index is 3.69. The fourth-order valence-corrected chi connectivity index (χ4v) is 3.06. The fraction of sp³-hybridized carbons (Fsp3) is 1.00. The molecule has 0 amide bonds. The van der Waals surface area contributed by atoms with E-state index in [0.29, 0.717) is 0 Å². The molecule has 0 spiro atoms. The molecule has 0 aliphatic heterocycles. The van der Waals surface area contributed by atoms with Crippen molar-refractivity contribution < 1.29 is 0 Å². The van der Waals surface area contributed by atoms with E-state index >= 15 is 0 Å². The van der Waals surface area contributed by atoms with Gasteiger partial charge in [0.1, 0.15) is 0 Å². The van der Waals surface area contributed by atoms with Crippen LogP contribution >= 0.6 is 0 Å². The molecular formula is C15H31N. The summed E-state index contributed by atoms with van der Waals surface area (Å²) in [4.78, 5) is 0. The molecule has 1 aliphatic rings. The van der Waals surface area contributed by atoms with Crippen molar-refractivity contribution in [2.75, 3.05) is 6.54 Å². The Kier molecular flexibility index (Phi) is 7.92. The highest BCUT2D eigenvalue weighted by Gasteiger charge is 2.17. The molecule has 1 saturated carbocycles. The van der Waals surface area contributed by atoms with Crippen LogP contribution in [0.4, 0.5) is 0 Å². The van der Waals surface area contributed by atoms with Gasteiger partial charge in [-0.25, -0.2) is 0 Å². The summed E-state index contributed by atoms with van der Waals surface area (Å²) in [7, 11) is 0. The van der Waals surface area contributed by atoms with E-state index in [-0.39, 0.29) is 0 Å². The Balaban J connectivity index is 2.19. The van der Waals surface area contributed by atoms with Crippen molar-refractivity contribution in [1.82, 2.24) is 5.32 Å². The topological polar surface area (TPSA) is 12.0 Å². The van der Waals surface area contributed by atoms with Crippen LogP contribution in [0.15, 0.2) is 0 Å².